The zero-order valence-corrected chi connectivity index (χ0v) is 14.1. The summed E-state index contributed by atoms with van der Waals surface area (Å²) in [4.78, 5) is 15.0. The topological polar surface area (TPSA) is 20.3 Å². The number of carbonyl (C=O) groups is 1. The van der Waals surface area contributed by atoms with Gasteiger partial charge in [-0.1, -0.05) is 78.9 Å². The molecule has 2 heteroatoms. The van der Waals surface area contributed by atoms with Gasteiger partial charge in [-0.15, -0.1) is 0 Å². The molecule has 25 heavy (non-hydrogen) atoms. The van der Waals surface area contributed by atoms with Gasteiger partial charge < -0.3 is 4.90 Å². The molecular weight excluding hydrogens is 306 g/mol. The Morgan fingerprint density at radius 2 is 1.00 bits per heavy atom. The van der Waals surface area contributed by atoms with Crippen LogP contribution < -0.4 is 4.90 Å². The number of benzene rings is 3. The van der Waals surface area contributed by atoms with Crippen molar-refractivity contribution >= 4 is 11.5 Å². The third-order valence-corrected chi connectivity index (χ3v) is 4.94. The first kappa shape index (κ1) is 15.6. The summed E-state index contributed by atoms with van der Waals surface area (Å²) in [6.07, 6.45) is 1.12. The first-order valence-corrected chi connectivity index (χ1v) is 8.78. The van der Waals surface area contributed by atoms with Crippen LogP contribution in [0.3, 0.4) is 0 Å². The summed E-state index contributed by atoms with van der Waals surface area (Å²) in [6, 6.07) is 31.3. The maximum absolute atomic E-state index is 12.6. The molecule has 4 rings (SSSR count). The van der Waals surface area contributed by atoms with Crippen molar-refractivity contribution < 1.29 is 4.79 Å². The van der Waals surface area contributed by atoms with Gasteiger partial charge in [-0.3, -0.25) is 4.79 Å². The summed E-state index contributed by atoms with van der Waals surface area (Å²) in [6.45, 7) is 0. The van der Waals surface area contributed by atoms with Gasteiger partial charge in [-0.25, -0.2) is 0 Å². The van der Waals surface area contributed by atoms with Crippen LogP contribution in [0.5, 0.6) is 0 Å². The summed E-state index contributed by atoms with van der Waals surface area (Å²) in [5.41, 5.74) is 3.55. The lowest BCUT2D eigenvalue weighted by molar-refractivity contribution is -0.121. The third-order valence-electron chi connectivity index (χ3n) is 4.94. The van der Waals surface area contributed by atoms with Crippen molar-refractivity contribution in [2.24, 2.45) is 0 Å². The molecule has 0 bridgehead atoms. The van der Waals surface area contributed by atoms with Gasteiger partial charge in [0, 0.05) is 18.5 Å². The molecule has 0 spiro atoms. The minimum absolute atomic E-state index is 0.0649. The van der Waals surface area contributed by atoms with E-state index in [1.165, 1.54) is 11.1 Å². The highest BCUT2D eigenvalue weighted by atomic mass is 16.1. The highest BCUT2D eigenvalue weighted by Gasteiger charge is 2.36. The minimum Gasteiger partial charge on any atom is -0.357 e. The largest absolute Gasteiger partial charge is 0.357 e. The van der Waals surface area contributed by atoms with Gasteiger partial charge in [0.05, 0.1) is 12.1 Å². The molecular formula is C23H21NO. The summed E-state index contributed by atoms with van der Waals surface area (Å²) in [7, 11) is 0. The third kappa shape index (κ3) is 3.20. The van der Waals surface area contributed by atoms with Crippen LogP contribution in [0.15, 0.2) is 91.0 Å². The van der Waals surface area contributed by atoms with Crippen LogP contribution in [-0.2, 0) is 4.79 Å². The highest BCUT2D eigenvalue weighted by molar-refractivity contribution is 5.83. The van der Waals surface area contributed by atoms with E-state index in [1.807, 2.05) is 18.2 Å². The Morgan fingerprint density at radius 1 is 0.600 bits per heavy atom. The molecule has 0 N–H and O–H groups in total. The van der Waals surface area contributed by atoms with Crippen LogP contribution in [0.4, 0.5) is 5.69 Å². The molecule has 1 saturated heterocycles. The van der Waals surface area contributed by atoms with E-state index in [-0.39, 0.29) is 12.1 Å². The fourth-order valence-electron chi connectivity index (χ4n) is 3.80. The first-order chi connectivity index (χ1) is 12.3. The zero-order chi connectivity index (χ0) is 17.1. The lowest BCUT2D eigenvalue weighted by atomic mass is 9.86. The zero-order valence-electron chi connectivity index (χ0n) is 14.1. The van der Waals surface area contributed by atoms with Crippen molar-refractivity contribution in [2.75, 3.05) is 4.90 Å². The summed E-state index contributed by atoms with van der Waals surface area (Å²) in [5.74, 6) is 0.329. The average molecular weight is 327 g/mol. The monoisotopic (exact) mass is 327 g/mol. The second-order valence-electron chi connectivity index (χ2n) is 6.54. The Bertz CT molecular complexity index is 778. The molecule has 2 unspecified atom stereocenters. The van der Waals surface area contributed by atoms with Crippen molar-refractivity contribution in [3.05, 3.63) is 102 Å². The number of rotatable bonds is 3. The second kappa shape index (κ2) is 6.94. The maximum atomic E-state index is 12.6. The van der Waals surface area contributed by atoms with Gasteiger partial charge in [-0.2, -0.15) is 0 Å². The molecule has 0 radical (unpaired) electrons. The Kier molecular flexibility index (Phi) is 4.34. The molecule has 1 aliphatic rings. The molecule has 1 aliphatic heterocycles. The first-order valence-electron chi connectivity index (χ1n) is 8.78. The van der Waals surface area contributed by atoms with E-state index in [2.05, 4.69) is 77.7 Å². The normalized spacial score (nSPS) is 20.5. The number of hydrogen-bond donors (Lipinski definition) is 0. The molecule has 2 atom stereocenters. The standard InChI is InChI=1S/C23H21NO/c25-21-16-22(18-10-4-1-5-11-18)24(20-14-8-3-9-15-20)23(17-21)19-12-6-2-7-13-19/h1-15,22-23H,16-17H2. The SMILES string of the molecule is O=C1CC(c2ccccc2)N(c2ccccc2)C(c2ccccc2)C1. The van der Waals surface area contributed by atoms with Gasteiger partial charge in [0.15, 0.2) is 0 Å². The Hall–Kier alpha value is -2.87. The number of nitrogens with zero attached hydrogens (tertiary/aromatic N) is 1. The summed E-state index contributed by atoms with van der Waals surface area (Å²) >= 11 is 0. The fraction of sp³-hybridized carbons (Fsp3) is 0.174. The Morgan fingerprint density at radius 3 is 1.44 bits per heavy atom. The van der Waals surface area contributed by atoms with E-state index in [4.69, 9.17) is 0 Å². The number of para-hydroxylation sites is 1. The van der Waals surface area contributed by atoms with Crippen molar-refractivity contribution in [1.82, 2.24) is 0 Å². The van der Waals surface area contributed by atoms with E-state index >= 15 is 0 Å². The second-order valence-corrected chi connectivity index (χ2v) is 6.54. The Labute approximate surface area is 148 Å². The van der Waals surface area contributed by atoms with Gasteiger partial charge in [0.1, 0.15) is 5.78 Å². The van der Waals surface area contributed by atoms with Gasteiger partial charge in [0.2, 0.25) is 0 Å². The number of Topliss-reactive ketones (excluding diaryl/α,β-unsaturated/α-hetero) is 1. The van der Waals surface area contributed by atoms with Crippen LogP contribution >= 0.6 is 0 Å². The van der Waals surface area contributed by atoms with Crippen molar-refractivity contribution in [1.29, 1.82) is 0 Å². The molecule has 1 heterocycles. The van der Waals surface area contributed by atoms with Crippen molar-refractivity contribution in [2.45, 2.75) is 24.9 Å². The predicted octanol–water partition coefficient (Wildman–Crippen LogP) is 5.34. The van der Waals surface area contributed by atoms with E-state index in [9.17, 15) is 4.79 Å². The van der Waals surface area contributed by atoms with Crippen LogP contribution in [0.25, 0.3) is 0 Å². The molecule has 0 aliphatic carbocycles. The molecule has 0 saturated carbocycles. The minimum atomic E-state index is 0.0649. The summed E-state index contributed by atoms with van der Waals surface area (Å²) < 4.78 is 0. The van der Waals surface area contributed by atoms with Crippen LogP contribution in [-0.4, -0.2) is 5.78 Å². The number of carbonyl (C=O) groups excluding carboxylic acids is 1. The molecule has 0 amide bonds. The van der Waals surface area contributed by atoms with Crippen molar-refractivity contribution in [3.8, 4) is 0 Å². The van der Waals surface area contributed by atoms with E-state index in [0.717, 1.165) is 5.69 Å². The van der Waals surface area contributed by atoms with E-state index in [1.54, 1.807) is 0 Å². The average Bonchev–Trinajstić information content (AvgIpc) is 2.69. The molecule has 2 nitrogen and oxygen atoms in total. The highest BCUT2D eigenvalue weighted by Crippen LogP contribution is 2.43. The number of ketones is 1. The van der Waals surface area contributed by atoms with Gasteiger partial charge >= 0.3 is 0 Å². The Balaban J connectivity index is 1.83. The molecule has 3 aromatic carbocycles. The molecule has 0 aromatic heterocycles. The maximum Gasteiger partial charge on any atom is 0.137 e. The smallest absolute Gasteiger partial charge is 0.137 e. The summed E-state index contributed by atoms with van der Waals surface area (Å²) in [5, 5.41) is 0. The van der Waals surface area contributed by atoms with E-state index in [0.29, 0.717) is 18.6 Å². The predicted molar refractivity (Wildman–Crippen MR) is 102 cm³/mol. The molecule has 1 fully saturated rings. The van der Waals surface area contributed by atoms with Crippen LogP contribution in [0.1, 0.15) is 36.1 Å². The van der Waals surface area contributed by atoms with Crippen molar-refractivity contribution in [3.63, 3.8) is 0 Å². The lowest BCUT2D eigenvalue weighted by Gasteiger charge is -2.44. The lowest BCUT2D eigenvalue weighted by Crippen LogP contribution is -2.40. The van der Waals surface area contributed by atoms with Gasteiger partial charge in [-0.05, 0) is 23.3 Å². The number of hydrogen-bond acceptors (Lipinski definition) is 2. The molecule has 3 aromatic rings. The van der Waals surface area contributed by atoms with E-state index < -0.39 is 0 Å². The van der Waals surface area contributed by atoms with Gasteiger partial charge in [0.25, 0.3) is 0 Å². The molecule has 124 valence electrons. The number of anilines is 1. The quantitative estimate of drug-likeness (QED) is 0.647. The van der Waals surface area contributed by atoms with Crippen LogP contribution in [0, 0.1) is 0 Å². The van der Waals surface area contributed by atoms with Crippen LogP contribution in [0.2, 0.25) is 0 Å². The number of piperidine rings is 1. The fourth-order valence-corrected chi connectivity index (χ4v) is 3.80.